The Morgan fingerprint density at radius 2 is 2.00 bits per heavy atom. The fourth-order valence-corrected chi connectivity index (χ4v) is 2.00. The molecular weight excluding hydrogens is 233 g/mol. The Labute approximate surface area is 108 Å². The lowest BCUT2D eigenvalue weighted by Gasteiger charge is -2.18. The van der Waals surface area contributed by atoms with Gasteiger partial charge < -0.3 is 15.6 Å². The third kappa shape index (κ3) is 4.72. The van der Waals surface area contributed by atoms with E-state index in [1.54, 1.807) is 25.3 Å². The van der Waals surface area contributed by atoms with Gasteiger partial charge in [0.2, 0.25) is 0 Å². The van der Waals surface area contributed by atoms with Crippen LogP contribution in [0.2, 0.25) is 0 Å². The van der Waals surface area contributed by atoms with Crippen LogP contribution >= 0.6 is 0 Å². The first-order chi connectivity index (χ1) is 8.69. The normalized spacial score (nSPS) is 14.4. The van der Waals surface area contributed by atoms with Crippen molar-refractivity contribution in [2.75, 3.05) is 13.7 Å². The second kappa shape index (κ2) is 8.19. The molecule has 0 heterocycles. The predicted molar refractivity (Wildman–Crippen MR) is 69.7 cm³/mol. The number of hydrogen-bond acceptors (Lipinski definition) is 3. The van der Waals surface area contributed by atoms with Crippen LogP contribution in [-0.2, 0) is 4.74 Å². The molecule has 0 amide bonds. The Kier molecular flexibility index (Phi) is 6.86. The number of aliphatic hydroxyl groups excluding tert-OH is 1. The second-order valence-electron chi connectivity index (χ2n) is 4.43. The molecule has 4 heteroatoms. The molecule has 0 aromatic heterocycles. The first-order valence-electron chi connectivity index (χ1n) is 6.32. The molecular formula is C14H22FNO2. The van der Waals surface area contributed by atoms with Gasteiger partial charge in [-0.3, -0.25) is 0 Å². The third-order valence-electron chi connectivity index (χ3n) is 3.12. The molecule has 1 aromatic rings. The fourth-order valence-electron chi connectivity index (χ4n) is 2.00. The van der Waals surface area contributed by atoms with Gasteiger partial charge >= 0.3 is 0 Å². The monoisotopic (exact) mass is 255 g/mol. The number of nitrogens with two attached hydrogens (primary N) is 1. The number of benzene rings is 1. The molecule has 0 saturated carbocycles. The van der Waals surface area contributed by atoms with Crippen molar-refractivity contribution in [3.63, 3.8) is 0 Å². The Morgan fingerprint density at radius 3 is 2.61 bits per heavy atom. The highest BCUT2D eigenvalue weighted by molar-refractivity contribution is 5.20. The molecule has 0 aliphatic rings. The van der Waals surface area contributed by atoms with Crippen LogP contribution in [0.25, 0.3) is 0 Å². The zero-order valence-corrected chi connectivity index (χ0v) is 10.8. The van der Waals surface area contributed by atoms with E-state index in [4.69, 9.17) is 15.6 Å². The highest BCUT2D eigenvalue weighted by atomic mass is 19.1. The lowest BCUT2D eigenvalue weighted by molar-refractivity contribution is 0.0777. The minimum Gasteiger partial charge on any atom is -0.396 e. The first-order valence-corrected chi connectivity index (χ1v) is 6.32. The summed E-state index contributed by atoms with van der Waals surface area (Å²) in [6.07, 6.45) is 3.04. The van der Waals surface area contributed by atoms with Crippen LogP contribution in [0, 0.1) is 5.82 Å². The van der Waals surface area contributed by atoms with Crippen molar-refractivity contribution in [3.05, 3.63) is 35.6 Å². The molecule has 18 heavy (non-hydrogen) atoms. The van der Waals surface area contributed by atoms with E-state index in [0.717, 1.165) is 12.8 Å². The fraction of sp³-hybridized carbons (Fsp3) is 0.571. The van der Waals surface area contributed by atoms with E-state index in [-0.39, 0.29) is 24.6 Å². The molecule has 1 aromatic carbocycles. The SMILES string of the molecule is COC(CCCO)CCC(N)c1ccccc1F. The third-order valence-corrected chi connectivity index (χ3v) is 3.12. The Hall–Kier alpha value is -0.970. The maximum atomic E-state index is 13.5. The number of rotatable bonds is 8. The van der Waals surface area contributed by atoms with Crippen molar-refractivity contribution in [1.29, 1.82) is 0 Å². The van der Waals surface area contributed by atoms with Gasteiger partial charge in [0.25, 0.3) is 0 Å². The minimum absolute atomic E-state index is 0.0787. The topological polar surface area (TPSA) is 55.5 Å². The van der Waals surface area contributed by atoms with E-state index in [0.29, 0.717) is 18.4 Å². The smallest absolute Gasteiger partial charge is 0.127 e. The van der Waals surface area contributed by atoms with Crippen LogP contribution in [0.3, 0.4) is 0 Å². The molecule has 0 saturated heterocycles. The van der Waals surface area contributed by atoms with Crippen LogP contribution in [0.4, 0.5) is 4.39 Å². The lowest BCUT2D eigenvalue weighted by atomic mass is 9.99. The van der Waals surface area contributed by atoms with Crippen molar-refractivity contribution in [1.82, 2.24) is 0 Å². The molecule has 2 unspecified atom stereocenters. The van der Waals surface area contributed by atoms with Crippen molar-refractivity contribution >= 4 is 0 Å². The van der Waals surface area contributed by atoms with Crippen molar-refractivity contribution in [2.24, 2.45) is 5.73 Å². The van der Waals surface area contributed by atoms with Crippen LogP contribution in [0.5, 0.6) is 0 Å². The van der Waals surface area contributed by atoms with Gasteiger partial charge in [-0.05, 0) is 31.7 Å². The van der Waals surface area contributed by atoms with E-state index in [9.17, 15) is 4.39 Å². The van der Waals surface area contributed by atoms with E-state index >= 15 is 0 Å². The lowest BCUT2D eigenvalue weighted by Crippen LogP contribution is -2.17. The van der Waals surface area contributed by atoms with E-state index in [1.165, 1.54) is 6.07 Å². The molecule has 0 aliphatic carbocycles. The summed E-state index contributed by atoms with van der Waals surface area (Å²) in [7, 11) is 1.65. The molecule has 3 nitrogen and oxygen atoms in total. The minimum atomic E-state index is -0.307. The van der Waals surface area contributed by atoms with Crippen molar-refractivity contribution in [3.8, 4) is 0 Å². The number of halogens is 1. The summed E-state index contributed by atoms with van der Waals surface area (Å²) in [4.78, 5) is 0. The number of methoxy groups -OCH3 is 1. The van der Waals surface area contributed by atoms with Gasteiger partial charge in [-0.2, -0.15) is 0 Å². The summed E-state index contributed by atoms with van der Waals surface area (Å²) >= 11 is 0. The second-order valence-corrected chi connectivity index (χ2v) is 4.43. The van der Waals surface area contributed by atoms with Crippen molar-refractivity contribution < 1.29 is 14.2 Å². The zero-order chi connectivity index (χ0) is 13.4. The zero-order valence-electron chi connectivity index (χ0n) is 10.8. The Bertz CT molecular complexity index is 346. The standard InChI is InChI=1S/C14H22FNO2/c1-18-11(5-4-10-17)8-9-14(16)12-6-2-3-7-13(12)15/h2-3,6-7,11,14,17H,4-5,8-10,16H2,1H3. The van der Waals surface area contributed by atoms with Gasteiger partial charge in [-0.1, -0.05) is 18.2 Å². The summed E-state index contributed by atoms with van der Waals surface area (Å²) in [5.74, 6) is -0.255. The highest BCUT2D eigenvalue weighted by Gasteiger charge is 2.14. The van der Waals surface area contributed by atoms with Crippen molar-refractivity contribution in [2.45, 2.75) is 37.8 Å². The number of aliphatic hydroxyl groups is 1. The molecule has 1 rings (SSSR count). The number of ether oxygens (including phenoxy) is 1. The number of hydrogen-bond donors (Lipinski definition) is 2. The van der Waals surface area contributed by atoms with Crippen LogP contribution in [0.15, 0.2) is 24.3 Å². The average Bonchev–Trinajstić information content (AvgIpc) is 2.39. The summed E-state index contributed by atoms with van der Waals surface area (Å²) in [5.41, 5.74) is 6.53. The van der Waals surface area contributed by atoms with Gasteiger partial charge in [0.15, 0.2) is 0 Å². The molecule has 0 radical (unpaired) electrons. The van der Waals surface area contributed by atoms with E-state index in [2.05, 4.69) is 0 Å². The molecule has 3 N–H and O–H groups in total. The largest absolute Gasteiger partial charge is 0.396 e. The maximum absolute atomic E-state index is 13.5. The van der Waals surface area contributed by atoms with Gasteiger partial charge in [0.1, 0.15) is 5.82 Å². The van der Waals surface area contributed by atoms with Gasteiger partial charge in [-0.25, -0.2) is 4.39 Å². The summed E-state index contributed by atoms with van der Waals surface area (Å²) in [6.45, 7) is 0.166. The van der Waals surface area contributed by atoms with Gasteiger partial charge in [0, 0.05) is 25.3 Å². The van der Waals surface area contributed by atoms with E-state index in [1.807, 2.05) is 0 Å². The molecule has 0 fully saturated rings. The molecule has 0 spiro atoms. The summed E-state index contributed by atoms with van der Waals surface area (Å²) in [5, 5.41) is 8.77. The van der Waals surface area contributed by atoms with Crippen LogP contribution in [-0.4, -0.2) is 24.9 Å². The van der Waals surface area contributed by atoms with E-state index < -0.39 is 0 Å². The predicted octanol–water partition coefficient (Wildman–Crippen LogP) is 2.39. The first kappa shape index (κ1) is 15.1. The van der Waals surface area contributed by atoms with Gasteiger partial charge in [-0.15, -0.1) is 0 Å². The summed E-state index contributed by atoms with van der Waals surface area (Å²) in [6, 6.07) is 6.28. The maximum Gasteiger partial charge on any atom is 0.127 e. The summed E-state index contributed by atoms with van der Waals surface area (Å²) < 4.78 is 18.8. The Balaban J connectivity index is 2.44. The molecule has 0 aliphatic heterocycles. The van der Waals surface area contributed by atoms with Gasteiger partial charge in [0.05, 0.1) is 6.10 Å². The molecule has 2 atom stereocenters. The molecule has 0 bridgehead atoms. The highest BCUT2D eigenvalue weighted by Crippen LogP contribution is 2.21. The molecule has 102 valence electrons. The van der Waals surface area contributed by atoms with Crippen LogP contribution in [0.1, 0.15) is 37.3 Å². The Morgan fingerprint density at radius 1 is 1.28 bits per heavy atom. The quantitative estimate of drug-likeness (QED) is 0.750. The van der Waals surface area contributed by atoms with Crippen LogP contribution < -0.4 is 5.73 Å². The average molecular weight is 255 g/mol.